The Labute approximate surface area is 248 Å². The van der Waals surface area contributed by atoms with Gasteiger partial charge >= 0.3 is 11.8 Å². The predicted octanol–water partition coefficient (Wildman–Crippen LogP) is 5.20. The Bertz CT molecular complexity index is 1610. The molecule has 0 atom stereocenters. The third kappa shape index (κ3) is 6.53. The number of carbonyl (C=O) groups excluding carboxylic acids is 3. The minimum atomic E-state index is -0.579. The Hall–Kier alpha value is -5.13. The molecular weight excluding hydrogens is 554 g/mol. The van der Waals surface area contributed by atoms with Gasteiger partial charge in [-0.25, -0.2) is 4.79 Å². The van der Waals surface area contributed by atoms with Gasteiger partial charge in [0.05, 0.1) is 41.1 Å². The van der Waals surface area contributed by atoms with Crippen molar-refractivity contribution >= 4 is 40.7 Å². The second-order valence-electron chi connectivity index (χ2n) is 11.4. The molecule has 0 saturated carbocycles. The van der Waals surface area contributed by atoms with E-state index >= 15 is 0 Å². The van der Waals surface area contributed by atoms with Crippen molar-refractivity contribution in [1.29, 1.82) is 0 Å². The van der Waals surface area contributed by atoms with Gasteiger partial charge in [0.15, 0.2) is 5.75 Å². The number of piperazine rings is 1. The zero-order valence-corrected chi connectivity index (χ0v) is 24.4. The number of carbonyl (C=O) groups is 3. The zero-order chi connectivity index (χ0) is 30.9. The number of anilines is 3. The molecule has 224 valence electrons. The Balaban J connectivity index is 1.28. The highest BCUT2D eigenvalue weighted by molar-refractivity contribution is 6.12. The van der Waals surface area contributed by atoms with Gasteiger partial charge in [0.1, 0.15) is 5.60 Å². The molecule has 0 spiro atoms. The zero-order valence-electron chi connectivity index (χ0n) is 24.4. The minimum Gasteiger partial charge on any atom is -0.490 e. The van der Waals surface area contributed by atoms with Crippen LogP contribution in [0.25, 0.3) is 11.1 Å². The van der Waals surface area contributed by atoms with Gasteiger partial charge in [-0.1, -0.05) is 12.1 Å². The Morgan fingerprint density at radius 3 is 2.23 bits per heavy atom. The van der Waals surface area contributed by atoms with Gasteiger partial charge in [-0.2, -0.15) is 0 Å². The first-order valence-corrected chi connectivity index (χ1v) is 13.9. The molecular formula is C31H33N5O7. The Morgan fingerprint density at radius 1 is 0.884 bits per heavy atom. The normalized spacial score (nSPS) is 14.5. The molecule has 0 unspecified atom stereocenters. The standard InChI is InChI=1S/C31H33N5O7/c1-31(2,3)43-30(39)35-13-11-34(12-14-35)28(37)16-19-5-9-23-25(15-19)33-29(38)22-8-6-20(17-24(22)32-23)21-7-10-26(36(40)41)27(18-21)42-4/h5-10,15,17-18,32H,11-14,16H2,1-4H3,(H,33,38). The molecule has 0 aliphatic carbocycles. The number of nitro benzene ring substituents is 1. The second-order valence-corrected chi connectivity index (χ2v) is 11.4. The van der Waals surface area contributed by atoms with Crippen molar-refractivity contribution in [2.45, 2.75) is 32.8 Å². The van der Waals surface area contributed by atoms with Crippen molar-refractivity contribution in [3.05, 3.63) is 75.8 Å². The lowest BCUT2D eigenvalue weighted by atomic mass is 10.0. The summed E-state index contributed by atoms with van der Waals surface area (Å²) in [6.45, 7) is 7.09. The fourth-order valence-corrected chi connectivity index (χ4v) is 5.03. The molecule has 0 radical (unpaired) electrons. The van der Waals surface area contributed by atoms with Crippen LogP contribution in [-0.2, 0) is 16.0 Å². The highest BCUT2D eigenvalue weighted by atomic mass is 16.6. The number of methoxy groups -OCH3 is 1. The van der Waals surface area contributed by atoms with Crippen LogP contribution in [0.5, 0.6) is 5.75 Å². The molecule has 3 aromatic rings. The molecule has 2 aliphatic rings. The average Bonchev–Trinajstić information content (AvgIpc) is 3.10. The number of nitro groups is 1. The number of fused-ring (bicyclic) bond motifs is 2. The summed E-state index contributed by atoms with van der Waals surface area (Å²) in [5.41, 5.74) is 3.65. The molecule has 2 aliphatic heterocycles. The first kappa shape index (κ1) is 29.4. The largest absolute Gasteiger partial charge is 0.490 e. The summed E-state index contributed by atoms with van der Waals surface area (Å²) in [5.74, 6) is -0.237. The monoisotopic (exact) mass is 587 g/mol. The predicted molar refractivity (Wildman–Crippen MR) is 161 cm³/mol. The van der Waals surface area contributed by atoms with Gasteiger partial charge in [-0.15, -0.1) is 0 Å². The van der Waals surface area contributed by atoms with Crippen LogP contribution in [0, 0.1) is 10.1 Å². The third-order valence-electron chi connectivity index (χ3n) is 7.21. The number of hydrogen-bond donors (Lipinski definition) is 2. The van der Waals surface area contributed by atoms with Crippen LogP contribution in [0.3, 0.4) is 0 Å². The number of rotatable bonds is 5. The summed E-state index contributed by atoms with van der Waals surface area (Å²) < 4.78 is 10.6. The van der Waals surface area contributed by atoms with Crippen LogP contribution in [-0.4, -0.2) is 71.5 Å². The van der Waals surface area contributed by atoms with Crippen molar-refractivity contribution < 1.29 is 28.8 Å². The molecule has 3 aromatic carbocycles. The summed E-state index contributed by atoms with van der Waals surface area (Å²) in [5, 5.41) is 17.5. The van der Waals surface area contributed by atoms with Crippen molar-refractivity contribution in [1.82, 2.24) is 9.80 Å². The van der Waals surface area contributed by atoms with Gasteiger partial charge in [0.2, 0.25) is 5.91 Å². The topological polar surface area (TPSA) is 143 Å². The Morgan fingerprint density at radius 2 is 1.56 bits per heavy atom. The maximum Gasteiger partial charge on any atom is 0.410 e. The summed E-state index contributed by atoms with van der Waals surface area (Å²) in [6, 6.07) is 15.3. The first-order chi connectivity index (χ1) is 20.4. The summed E-state index contributed by atoms with van der Waals surface area (Å²) >= 11 is 0. The lowest BCUT2D eigenvalue weighted by Gasteiger charge is -2.35. The molecule has 1 saturated heterocycles. The van der Waals surface area contributed by atoms with E-state index < -0.39 is 10.5 Å². The van der Waals surface area contributed by atoms with E-state index in [2.05, 4.69) is 10.6 Å². The maximum atomic E-state index is 13.1. The maximum absolute atomic E-state index is 13.1. The fourth-order valence-electron chi connectivity index (χ4n) is 5.03. The van der Waals surface area contributed by atoms with Gasteiger partial charge in [-0.05, 0) is 73.9 Å². The van der Waals surface area contributed by atoms with Gasteiger partial charge < -0.3 is 29.9 Å². The molecule has 43 heavy (non-hydrogen) atoms. The summed E-state index contributed by atoms with van der Waals surface area (Å²) in [7, 11) is 1.38. The Kier molecular flexibility index (Phi) is 7.94. The van der Waals surface area contributed by atoms with Crippen molar-refractivity contribution in [3.63, 3.8) is 0 Å². The second kappa shape index (κ2) is 11.6. The fraction of sp³-hybridized carbons (Fsp3) is 0.323. The average molecular weight is 588 g/mol. The quantitative estimate of drug-likeness (QED) is 0.306. The summed E-state index contributed by atoms with van der Waals surface area (Å²) in [4.78, 5) is 52.7. The van der Waals surface area contributed by atoms with E-state index in [4.69, 9.17) is 9.47 Å². The van der Waals surface area contributed by atoms with Crippen LogP contribution >= 0.6 is 0 Å². The highest BCUT2D eigenvalue weighted by Gasteiger charge is 2.28. The molecule has 2 heterocycles. The van der Waals surface area contributed by atoms with E-state index in [1.165, 1.54) is 13.2 Å². The van der Waals surface area contributed by atoms with Crippen LogP contribution in [0.1, 0.15) is 36.7 Å². The van der Waals surface area contributed by atoms with E-state index in [1.54, 1.807) is 46.2 Å². The van der Waals surface area contributed by atoms with E-state index in [1.807, 2.05) is 32.9 Å². The molecule has 0 bridgehead atoms. The first-order valence-electron chi connectivity index (χ1n) is 13.9. The molecule has 5 rings (SSSR count). The molecule has 3 amide bonds. The highest BCUT2D eigenvalue weighted by Crippen LogP contribution is 2.37. The number of amides is 3. The molecule has 1 fully saturated rings. The van der Waals surface area contributed by atoms with E-state index in [-0.39, 0.29) is 35.8 Å². The van der Waals surface area contributed by atoms with Crippen LogP contribution < -0.4 is 15.4 Å². The van der Waals surface area contributed by atoms with Gasteiger partial charge in [-0.3, -0.25) is 19.7 Å². The third-order valence-corrected chi connectivity index (χ3v) is 7.21. The van der Waals surface area contributed by atoms with E-state index in [0.29, 0.717) is 54.4 Å². The van der Waals surface area contributed by atoms with E-state index in [0.717, 1.165) is 11.1 Å². The van der Waals surface area contributed by atoms with Crippen molar-refractivity contribution in [2.24, 2.45) is 0 Å². The molecule has 12 nitrogen and oxygen atoms in total. The lowest BCUT2D eigenvalue weighted by molar-refractivity contribution is -0.385. The van der Waals surface area contributed by atoms with Crippen LogP contribution in [0.15, 0.2) is 54.6 Å². The van der Waals surface area contributed by atoms with Crippen molar-refractivity contribution in [3.8, 4) is 16.9 Å². The number of nitrogens with one attached hydrogen (secondary N) is 2. The summed E-state index contributed by atoms with van der Waals surface area (Å²) in [6.07, 6.45) is -0.233. The number of benzene rings is 3. The SMILES string of the molecule is COc1cc(-c2ccc3c(c2)Nc2ccc(CC(=O)N4CCN(C(=O)OC(C)(C)C)CC4)cc2NC3=O)ccc1[N+](=O)[O-]. The smallest absolute Gasteiger partial charge is 0.410 e. The number of ether oxygens (including phenoxy) is 2. The number of nitrogens with zero attached hydrogens (tertiary/aromatic N) is 3. The molecule has 12 heteroatoms. The van der Waals surface area contributed by atoms with Gasteiger partial charge in [0, 0.05) is 32.2 Å². The lowest BCUT2D eigenvalue weighted by Crippen LogP contribution is -2.52. The minimum absolute atomic E-state index is 0.0665. The van der Waals surface area contributed by atoms with Crippen LogP contribution in [0.4, 0.5) is 27.5 Å². The van der Waals surface area contributed by atoms with Gasteiger partial charge in [0.25, 0.3) is 5.91 Å². The number of hydrogen-bond acceptors (Lipinski definition) is 8. The van der Waals surface area contributed by atoms with E-state index in [9.17, 15) is 24.5 Å². The molecule has 0 aromatic heterocycles. The van der Waals surface area contributed by atoms with Crippen LogP contribution in [0.2, 0.25) is 0 Å². The molecule has 2 N–H and O–H groups in total. The van der Waals surface area contributed by atoms with Crippen molar-refractivity contribution in [2.75, 3.05) is 43.9 Å².